The number of ketones is 1. The van der Waals surface area contributed by atoms with Crippen LogP contribution >= 0.6 is 0 Å². The third kappa shape index (κ3) is 3.09. The summed E-state index contributed by atoms with van der Waals surface area (Å²) in [4.78, 5) is 13.7. The lowest BCUT2D eigenvalue weighted by molar-refractivity contribution is 0.101. The van der Waals surface area contributed by atoms with Gasteiger partial charge >= 0.3 is 0 Å². The third-order valence-corrected chi connectivity index (χ3v) is 3.66. The maximum Gasteiger partial charge on any atom is 0.159 e. The largest absolute Gasteiger partial charge is 0.372 e. The van der Waals surface area contributed by atoms with Crippen LogP contribution in [0, 0.1) is 5.92 Å². The highest BCUT2D eigenvalue weighted by Crippen LogP contribution is 2.22. The molecule has 0 aliphatic carbocycles. The topological polar surface area (TPSA) is 20.3 Å². The van der Waals surface area contributed by atoms with E-state index in [9.17, 15) is 4.79 Å². The number of Topliss-reactive ketones (excluding diaryl/α,β-unsaturated/α-hetero) is 1. The molecule has 1 aromatic carbocycles. The molecule has 0 aromatic heterocycles. The molecule has 92 valence electrons. The van der Waals surface area contributed by atoms with Crippen LogP contribution in [0.1, 0.15) is 43.5 Å². The summed E-state index contributed by atoms with van der Waals surface area (Å²) in [6.45, 7) is 6.23. The molecule has 2 rings (SSSR count). The second kappa shape index (κ2) is 5.35. The molecule has 0 N–H and O–H groups in total. The molecule has 1 atom stereocenters. The summed E-state index contributed by atoms with van der Waals surface area (Å²) >= 11 is 0. The monoisotopic (exact) mass is 231 g/mol. The fraction of sp³-hybridized carbons (Fsp3) is 0.533. The molecule has 0 radical (unpaired) electrons. The van der Waals surface area contributed by atoms with Gasteiger partial charge in [0.2, 0.25) is 0 Å². The molecule has 1 saturated heterocycles. The Morgan fingerprint density at radius 2 is 1.88 bits per heavy atom. The van der Waals surface area contributed by atoms with Crippen LogP contribution < -0.4 is 4.90 Å². The summed E-state index contributed by atoms with van der Waals surface area (Å²) in [5.74, 6) is 0.984. The molecule has 1 aliphatic heterocycles. The lowest BCUT2D eigenvalue weighted by Crippen LogP contribution is -2.24. The van der Waals surface area contributed by atoms with Crippen LogP contribution in [0.3, 0.4) is 0 Å². The number of hydrogen-bond acceptors (Lipinski definition) is 2. The quantitative estimate of drug-likeness (QED) is 0.726. The van der Waals surface area contributed by atoms with Crippen molar-refractivity contribution in [1.82, 2.24) is 0 Å². The van der Waals surface area contributed by atoms with Crippen molar-refractivity contribution in [3.05, 3.63) is 29.8 Å². The van der Waals surface area contributed by atoms with E-state index in [1.165, 1.54) is 24.9 Å². The molecular formula is C15H21NO. The first-order valence-corrected chi connectivity index (χ1v) is 6.53. The zero-order chi connectivity index (χ0) is 12.3. The first-order valence-electron chi connectivity index (χ1n) is 6.53. The van der Waals surface area contributed by atoms with Crippen molar-refractivity contribution in [2.45, 2.75) is 33.1 Å². The van der Waals surface area contributed by atoms with Gasteiger partial charge in [-0.2, -0.15) is 0 Å². The van der Waals surface area contributed by atoms with Gasteiger partial charge in [0.25, 0.3) is 0 Å². The van der Waals surface area contributed by atoms with E-state index in [0.29, 0.717) is 0 Å². The number of carbonyl (C=O) groups excluding carboxylic acids is 1. The van der Waals surface area contributed by atoms with Gasteiger partial charge in [0, 0.05) is 24.3 Å². The average molecular weight is 231 g/mol. The normalized spacial score (nSPS) is 21.1. The molecule has 0 spiro atoms. The number of hydrogen-bond donors (Lipinski definition) is 0. The minimum absolute atomic E-state index is 0.140. The van der Waals surface area contributed by atoms with E-state index in [-0.39, 0.29) is 5.78 Å². The molecule has 2 heteroatoms. The summed E-state index contributed by atoms with van der Waals surface area (Å²) in [5, 5.41) is 0. The number of carbonyl (C=O) groups is 1. The molecule has 0 saturated carbocycles. The summed E-state index contributed by atoms with van der Waals surface area (Å²) in [7, 11) is 0. The molecule has 1 unspecified atom stereocenters. The van der Waals surface area contributed by atoms with Crippen molar-refractivity contribution >= 4 is 11.5 Å². The predicted molar refractivity (Wildman–Crippen MR) is 71.7 cm³/mol. The van der Waals surface area contributed by atoms with Crippen LogP contribution in [0.15, 0.2) is 24.3 Å². The van der Waals surface area contributed by atoms with Gasteiger partial charge in [-0.3, -0.25) is 4.79 Å². The Bertz CT molecular complexity index is 382. The minimum Gasteiger partial charge on any atom is -0.372 e. The molecule has 2 nitrogen and oxygen atoms in total. The van der Waals surface area contributed by atoms with Gasteiger partial charge in [0.15, 0.2) is 5.78 Å². The van der Waals surface area contributed by atoms with Crippen molar-refractivity contribution in [2.24, 2.45) is 5.92 Å². The molecule has 1 aliphatic rings. The lowest BCUT2D eigenvalue weighted by Gasteiger charge is -2.22. The van der Waals surface area contributed by atoms with Gasteiger partial charge in [-0.25, -0.2) is 0 Å². The van der Waals surface area contributed by atoms with E-state index >= 15 is 0 Å². The van der Waals surface area contributed by atoms with Crippen LogP contribution in [0.4, 0.5) is 5.69 Å². The maximum absolute atomic E-state index is 11.2. The highest BCUT2D eigenvalue weighted by molar-refractivity contribution is 5.94. The Morgan fingerprint density at radius 3 is 2.53 bits per heavy atom. The molecule has 1 heterocycles. The SMILES string of the molecule is CC(=O)c1ccc(N2CCCC(C)CC2)cc1. The van der Waals surface area contributed by atoms with Gasteiger partial charge in [0.05, 0.1) is 0 Å². The summed E-state index contributed by atoms with van der Waals surface area (Å²) in [5.41, 5.74) is 2.06. The molecule has 0 bridgehead atoms. The van der Waals surface area contributed by atoms with Crippen LogP contribution in [0.25, 0.3) is 0 Å². The number of rotatable bonds is 2. The third-order valence-electron chi connectivity index (χ3n) is 3.66. The van der Waals surface area contributed by atoms with E-state index in [0.717, 1.165) is 24.6 Å². The second-order valence-corrected chi connectivity index (χ2v) is 5.13. The van der Waals surface area contributed by atoms with Crippen LogP contribution in [0.5, 0.6) is 0 Å². The maximum atomic E-state index is 11.2. The fourth-order valence-electron chi connectivity index (χ4n) is 2.43. The van der Waals surface area contributed by atoms with Crippen molar-refractivity contribution in [3.8, 4) is 0 Å². The van der Waals surface area contributed by atoms with E-state index in [1.54, 1.807) is 6.92 Å². The van der Waals surface area contributed by atoms with Gasteiger partial charge in [-0.1, -0.05) is 6.92 Å². The summed E-state index contributed by atoms with van der Waals surface area (Å²) in [6, 6.07) is 8.03. The van der Waals surface area contributed by atoms with E-state index in [4.69, 9.17) is 0 Å². The molecule has 0 amide bonds. The molecule has 1 aromatic rings. The van der Waals surface area contributed by atoms with Crippen LogP contribution in [0.2, 0.25) is 0 Å². The highest BCUT2D eigenvalue weighted by Gasteiger charge is 2.14. The number of anilines is 1. The lowest BCUT2D eigenvalue weighted by atomic mass is 10.0. The van der Waals surface area contributed by atoms with E-state index < -0.39 is 0 Å². The number of nitrogens with zero attached hydrogens (tertiary/aromatic N) is 1. The molecular weight excluding hydrogens is 210 g/mol. The van der Waals surface area contributed by atoms with Crippen molar-refractivity contribution in [1.29, 1.82) is 0 Å². The van der Waals surface area contributed by atoms with E-state index in [2.05, 4.69) is 24.0 Å². The Labute approximate surface area is 104 Å². The van der Waals surface area contributed by atoms with Gasteiger partial charge in [-0.05, 0) is 56.4 Å². The zero-order valence-electron chi connectivity index (χ0n) is 10.8. The summed E-state index contributed by atoms with van der Waals surface area (Å²) < 4.78 is 0. The predicted octanol–water partition coefficient (Wildman–Crippen LogP) is 3.52. The molecule has 1 fully saturated rings. The average Bonchev–Trinajstić information content (AvgIpc) is 2.54. The van der Waals surface area contributed by atoms with E-state index in [1.807, 2.05) is 12.1 Å². The fourth-order valence-corrected chi connectivity index (χ4v) is 2.43. The smallest absolute Gasteiger partial charge is 0.159 e. The Hall–Kier alpha value is -1.31. The Morgan fingerprint density at radius 1 is 1.18 bits per heavy atom. The first-order chi connectivity index (χ1) is 8.16. The second-order valence-electron chi connectivity index (χ2n) is 5.13. The van der Waals surface area contributed by atoms with Crippen LogP contribution in [-0.4, -0.2) is 18.9 Å². The van der Waals surface area contributed by atoms with Gasteiger partial charge in [-0.15, -0.1) is 0 Å². The highest BCUT2D eigenvalue weighted by atomic mass is 16.1. The van der Waals surface area contributed by atoms with Crippen molar-refractivity contribution in [2.75, 3.05) is 18.0 Å². The standard InChI is InChI=1S/C15H21NO/c1-12-4-3-10-16(11-9-12)15-7-5-14(6-8-15)13(2)17/h5-8,12H,3-4,9-11H2,1-2H3. The Balaban J connectivity index is 2.08. The van der Waals surface area contributed by atoms with Gasteiger partial charge < -0.3 is 4.90 Å². The zero-order valence-corrected chi connectivity index (χ0v) is 10.8. The molecule has 17 heavy (non-hydrogen) atoms. The van der Waals surface area contributed by atoms with Crippen molar-refractivity contribution < 1.29 is 4.79 Å². The minimum atomic E-state index is 0.140. The van der Waals surface area contributed by atoms with Crippen LogP contribution in [-0.2, 0) is 0 Å². The summed E-state index contributed by atoms with van der Waals surface area (Å²) in [6.07, 6.45) is 3.88. The number of benzene rings is 1. The Kier molecular flexibility index (Phi) is 3.82. The van der Waals surface area contributed by atoms with Gasteiger partial charge in [0.1, 0.15) is 0 Å². The first kappa shape index (κ1) is 12.2. The van der Waals surface area contributed by atoms with Crippen molar-refractivity contribution in [3.63, 3.8) is 0 Å².